The van der Waals surface area contributed by atoms with Crippen LogP contribution in [0.4, 0.5) is 11.6 Å². The lowest BCUT2D eigenvalue weighted by molar-refractivity contribution is -0.116. The fourth-order valence-corrected chi connectivity index (χ4v) is 2.09. The summed E-state index contributed by atoms with van der Waals surface area (Å²) in [5.74, 6) is 1.34. The van der Waals surface area contributed by atoms with Gasteiger partial charge in [0.05, 0.1) is 19.9 Å². The van der Waals surface area contributed by atoms with Gasteiger partial charge in [0.2, 0.25) is 11.8 Å². The number of aryl methyl sites for hydroxylation is 2. The maximum absolute atomic E-state index is 12.2. The highest BCUT2D eigenvalue weighted by molar-refractivity contribution is 5.95. The molecule has 1 amide bonds. The Morgan fingerprint density at radius 1 is 1.17 bits per heavy atom. The van der Waals surface area contributed by atoms with Crippen LogP contribution in [0, 0.1) is 13.8 Å². The van der Waals surface area contributed by atoms with E-state index in [9.17, 15) is 4.79 Å². The van der Waals surface area contributed by atoms with Crippen LogP contribution in [-0.4, -0.2) is 31.3 Å². The molecule has 2 rings (SSSR count). The molecule has 1 aromatic heterocycles. The highest BCUT2D eigenvalue weighted by Crippen LogP contribution is 2.33. The molecule has 0 radical (unpaired) electrons. The van der Waals surface area contributed by atoms with E-state index in [-0.39, 0.29) is 5.91 Å². The van der Waals surface area contributed by atoms with E-state index in [1.165, 1.54) is 0 Å². The number of methoxy groups -OCH3 is 2. The second-order valence-corrected chi connectivity index (χ2v) is 5.21. The predicted molar refractivity (Wildman–Crippen MR) is 87.2 cm³/mol. The van der Waals surface area contributed by atoms with Crippen LogP contribution in [0.5, 0.6) is 11.5 Å². The Morgan fingerprint density at radius 2 is 1.83 bits per heavy atom. The Labute approximate surface area is 134 Å². The quantitative estimate of drug-likeness (QED) is 0.851. The fourth-order valence-electron chi connectivity index (χ4n) is 2.09. The number of hydrogen-bond acceptors (Lipinski definition) is 6. The monoisotopic (exact) mass is 319 g/mol. The van der Waals surface area contributed by atoms with Crippen LogP contribution in [-0.2, 0) is 4.79 Å². The first-order valence-corrected chi connectivity index (χ1v) is 7.18. The number of nitrogens with one attached hydrogen (secondary N) is 2. The topological polar surface area (TPSA) is 85.6 Å². The molecule has 7 heteroatoms. The number of benzene rings is 1. The summed E-state index contributed by atoms with van der Waals surface area (Å²) in [6.45, 7) is 5.47. The number of rotatable bonds is 6. The SMILES string of the molecule is COc1cc(C)c(NC(C)C(=O)Nc2cc(C)no2)cc1OC. The Kier molecular flexibility index (Phi) is 5.10. The standard InChI is InChI=1S/C16H21N3O4/c1-9-6-13(21-4)14(22-5)8-12(9)17-11(3)16(20)18-15-7-10(2)19-23-15/h6-8,11,17H,1-5H3,(H,18,20). The lowest BCUT2D eigenvalue weighted by Crippen LogP contribution is -2.32. The molecule has 0 aliphatic heterocycles. The second-order valence-electron chi connectivity index (χ2n) is 5.21. The molecular weight excluding hydrogens is 298 g/mol. The van der Waals surface area contributed by atoms with E-state index in [0.29, 0.717) is 23.1 Å². The Balaban J connectivity index is 2.10. The van der Waals surface area contributed by atoms with Gasteiger partial charge in [0, 0.05) is 17.8 Å². The predicted octanol–water partition coefficient (Wildman–Crippen LogP) is 2.75. The van der Waals surface area contributed by atoms with Crippen molar-refractivity contribution >= 4 is 17.5 Å². The average Bonchev–Trinajstić information content (AvgIpc) is 2.93. The van der Waals surface area contributed by atoms with Gasteiger partial charge in [-0.25, -0.2) is 0 Å². The molecule has 1 atom stereocenters. The number of carbonyl (C=O) groups excluding carboxylic acids is 1. The molecule has 0 saturated heterocycles. The average molecular weight is 319 g/mol. The molecule has 124 valence electrons. The molecule has 1 heterocycles. The zero-order chi connectivity index (χ0) is 17.0. The molecule has 2 N–H and O–H groups in total. The van der Waals surface area contributed by atoms with Crippen molar-refractivity contribution < 1.29 is 18.8 Å². The van der Waals surface area contributed by atoms with Crippen LogP contribution in [0.2, 0.25) is 0 Å². The molecule has 0 aliphatic rings. The van der Waals surface area contributed by atoms with E-state index in [4.69, 9.17) is 14.0 Å². The third-order valence-corrected chi connectivity index (χ3v) is 3.37. The summed E-state index contributed by atoms with van der Waals surface area (Å²) in [7, 11) is 3.15. The Morgan fingerprint density at radius 3 is 2.39 bits per heavy atom. The number of hydrogen-bond donors (Lipinski definition) is 2. The first-order valence-electron chi connectivity index (χ1n) is 7.18. The van der Waals surface area contributed by atoms with Crippen LogP contribution >= 0.6 is 0 Å². The van der Waals surface area contributed by atoms with Gasteiger partial charge in [0.15, 0.2) is 11.5 Å². The minimum atomic E-state index is -0.475. The highest BCUT2D eigenvalue weighted by Gasteiger charge is 2.17. The summed E-state index contributed by atoms with van der Waals surface area (Å²) >= 11 is 0. The zero-order valence-corrected chi connectivity index (χ0v) is 13.9. The van der Waals surface area contributed by atoms with Gasteiger partial charge >= 0.3 is 0 Å². The van der Waals surface area contributed by atoms with Gasteiger partial charge in [0.1, 0.15) is 6.04 Å². The zero-order valence-electron chi connectivity index (χ0n) is 13.9. The van der Waals surface area contributed by atoms with Crippen molar-refractivity contribution in [3.63, 3.8) is 0 Å². The maximum atomic E-state index is 12.2. The highest BCUT2D eigenvalue weighted by atomic mass is 16.5. The van der Waals surface area contributed by atoms with Crippen molar-refractivity contribution in [1.82, 2.24) is 5.16 Å². The van der Waals surface area contributed by atoms with E-state index in [1.54, 1.807) is 40.2 Å². The third kappa shape index (κ3) is 3.94. The molecule has 23 heavy (non-hydrogen) atoms. The van der Waals surface area contributed by atoms with E-state index >= 15 is 0 Å². The van der Waals surface area contributed by atoms with Crippen molar-refractivity contribution in [3.05, 3.63) is 29.5 Å². The van der Waals surface area contributed by atoms with E-state index in [1.807, 2.05) is 13.0 Å². The van der Waals surface area contributed by atoms with Crippen molar-refractivity contribution in [2.45, 2.75) is 26.8 Å². The lowest BCUT2D eigenvalue weighted by atomic mass is 10.1. The number of amides is 1. The molecule has 1 unspecified atom stereocenters. The number of carbonyl (C=O) groups is 1. The van der Waals surface area contributed by atoms with Gasteiger partial charge in [-0.05, 0) is 32.4 Å². The van der Waals surface area contributed by atoms with Crippen molar-refractivity contribution in [2.75, 3.05) is 24.9 Å². The van der Waals surface area contributed by atoms with Gasteiger partial charge in [-0.2, -0.15) is 0 Å². The minimum Gasteiger partial charge on any atom is -0.493 e. The van der Waals surface area contributed by atoms with E-state index in [2.05, 4.69) is 15.8 Å². The summed E-state index contributed by atoms with van der Waals surface area (Å²) in [4.78, 5) is 12.2. The van der Waals surface area contributed by atoms with Crippen LogP contribution in [0.25, 0.3) is 0 Å². The Hall–Kier alpha value is -2.70. The summed E-state index contributed by atoms with van der Waals surface area (Å²) in [5, 5.41) is 9.55. The summed E-state index contributed by atoms with van der Waals surface area (Å²) in [6.07, 6.45) is 0. The second kappa shape index (κ2) is 7.04. The molecule has 0 spiro atoms. The lowest BCUT2D eigenvalue weighted by Gasteiger charge is -2.18. The molecule has 0 bridgehead atoms. The van der Waals surface area contributed by atoms with Crippen molar-refractivity contribution in [2.24, 2.45) is 0 Å². The van der Waals surface area contributed by atoms with Gasteiger partial charge in [-0.1, -0.05) is 5.16 Å². The van der Waals surface area contributed by atoms with Gasteiger partial charge < -0.3 is 19.3 Å². The molecule has 0 fully saturated rings. The molecule has 2 aromatic rings. The first-order chi connectivity index (χ1) is 10.9. The minimum absolute atomic E-state index is 0.227. The number of nitrogens with zero attached hydrogens (tertiary/aromatic N) is 1. The van der Waals surface area contributed by atoms with Crippen LogP contribution in [0.15, 0.2) is 22.7 Å². The Bertz CT molecular complexity index is 697. The van der Waals surface area contributed by atoms with Gasteiger partial charge in [-0.3, -0.25) is 10.1 Å². The van der Waals surface area contributed by atoms with Gasteiger partial charge in [0.25, 0.3) is 0 Å². The normalized spacial score (nSPS) is 11.7. The largest absolute Gasteiger partial charge is 0.493 e. The molecule has 7 nitrogen and oxygen atoms in total. The molecule has 0 aliphatic carbocycles. The summed E-state index contributed by atoms with van der Waals surface area (Å²) in [6, 6.07) is 4.84. The number of anilines is 2. The molecule has 0 saturated carbocycles. The summed E-state index contributed by atoms with van der Waals surface area (Å²) < 4.78 is 15.5. The molecular formula is C16H21N3O4. The van der Waals surface area contributed by atoms with Crippen molar-refractivity contribution in [3.8, 4) is 11.5 Å². The first kappa shape index (κ1) is 16.7. The van der Waals surface area contributed by atoms with Crippen molar-refractivity contribution in [1.29, 1.82) is 0 Å². The van der Waals surface area contributed by atoms with E-state index < -0.39 is 6.04 Å². The third-order valence-electron chi connectivity index (χ3n) is 3.37. The molecule has 1 aromatic carbocycles. The van der Waals surface area contributed by atoms with Crippen LogP contribution < -0.4 is 20.1 Å². The van der Waals surface area contributed by atoms with Crippen LogP contribution in [0.1, 0.15) is 18.2 Å². The van der Waals surface area contributed by atoms with E-state index in [0.717, 1.165) is 11.3 Å². The fraction of sp³-hybridized carbons (Fsp3) is 0.375. The number of ether oxygens (including phenoxy) is 2. The van der Waals surface area contributed by atoms with Crippen LogP contribution in [0.3, 0.4) is 0 Å². The summed E-state index contributed by atoms with van der Waals surface area (Å²) in [5.41, 5.74) is 2.44. The number of aromatic nitrogens is 1. The smallest absolute Gasteiger partial charge is 0.248 e. The van der Waals surface area contributed by atoms with Gasteiger partial charge in [-0.15, -0.1) is 0 Å². The maximum Gasteiger partial charge on any atom is 0.248 e.